The van der Waals surface area contributed by atoms with E-state index in [1.165, 1.54) is 38.4 Å². The molecule has 1 aromatic rings. The van der Waals surface area contributed by atoms with Crippen LogP contribution in [-0.4, -0.2) is 31.7 Å². The fourth-order valence-electron chi connectivity index (χ4n) is 1.05. The second-order valence-electron chi connectivity index (χ2n) is 3.13. The van der Waals surface area contributed by atoms with E-state index in [2.05, 4.69) is 0 Å². The maximum Gasteiger partial charge on any atom is 0.249 e. The summed E-state index contributed by atoms with van der Waals surface area (Å²) < 4.78 is 17.8. The predicted molar refractivity (Wildman–Crippen MR) is 56.3 cm³/mol. The van der Waals surface area contributed by atoms with Gasteiger partial charge < -0.3 is 4.74 Å². The fraction of sp³-hybridized carbons (Fsp3) is 0.364. The van der Waals surface area contributed by atoms with Crippen molar-refractivity contribution < 1.29 is 18.8 Å². The molecule has 1 amide bonds. The Labute approximate surface area is 93.5 Å². The first-order valence-electron chi connectivity index (χ1n) is 4.82. The number of halogens is 1. The molecule has 0 radical (unpaired) electrons. The molecule has 0 aliphatic rings. The van der Waals surface area contributed by atoms with Gasteiger partial charge in [0.25, 0.3) is 0 Å². The Hall–Kier alpha value is -1.62. The third kappa shape index (κ3) is 3.86. The summed E-state index contributed by atoms with van der Waals surface area (Å²) in [5.74, 6) is 0.0430. The molecule has 0 saturated heterocycles. The van der Waals surface area contributed by atoms with Gasteiger partial charge in [-0.25, -0.2) is 9.45 Å². The minimum absolute atomic E-state index is 0.176. The number of rotatable bonds is 5. The average Bonchev–Trinajstić information content (AvgIpc) is 2.30. The van der Waals surface area contributed by atoms with E-state index in [0.29, 0.717) is 5.75 Å². The molecule has 0 aromatic heterocycles. The van der Waals surface area contributed by atoms with Crippen LogP contribution in [0.5, 0.6) is 5.75 Å². The van der Waals surface area contributed by atoms with Crippen molar-refractivity contribution in [1.29, 1.82) is 0 Å². The van der Waals surface area contributed by atoms with Crippen LogP contribution in [0, 0.1) is 5.82 Å². The lowest BCUT2D eigenvalue weighted by atomic mass is 10.3. The zero-order valence-electron chi connectivity index (χ0n) is 9.27. The minimum atomic E-state index is -0.317. The van der Waals surface area contributed by atoms with Crippen molar-refractivity contribution in [2.24, 2.45) is 0 Å². The Morgan fingerprint density at radius 2 is 2.00 bits per heavy atom. The van der Waals surface area contributed by atoms with Gasteiger partial charge in [0.1, 0.15) is 11.6 Å². The molecule has 0 bridgehead atoms. The quantitative estimate of drug-likeness (QED) is 0.717. The summed E-state index contributed by atoms with van der Waals surface area (Å²) in [6.07, 6.45) is 0.210. The maximum atomic E-state index is 12.6. The zero-order valence-corrected chi connectivity index (χ0v) is 9.27. The highest BCUT2D eigenvalue weighted by atomic mass is 19.1. The summed E-state index contributed by atoms with van der Waals surface area (Å²) in [7, 11) is 2.94. The van der Waals surface area contributed by atoms with Crippen LogP contribution in [0.25, 0.3) is 0 Å². The molecule has 0 saturated carbocycles. The van der Waals surface area contributed by atoms with Crippen LogP contribution >= 0.6 is 0 Å². The highest BCUT2D eigenvalue weighted by Crippen LogP contribution is 2.11. The summed E-state index contributed by atoms with van der Waals surface area (Å²) in [6, 6.07) is 5.64. The number of hydroxylamine groups is 2. The van der Waals surface area contributed by atoms with Crippen LogP contribution in [0.2, 0.25) is 0 Å². The fourth-order valence-corrected chi connectivity index (χ4v) is 1.05. The number of hydrogen-bond donors (Lipinski definition) is 0. The van der Waals surface area contributed by atoms with E-state index in [-0.39, 0.29) is 24.8 Å². The van der Waals surface area contributed by atoms with Gasteiger partial charge in [-0.1, -0.05) is 0 Å². The van der Waals surface area contributed by atoms with Crippen molar-refractivity contribution in [3.8, 4) is 5.75 Å². The topological polar surface area (TPSA) is 38.8 Å². The number of carbonyl (C=O) groups excluding carboxylic acids is 1. The van der Waals surface area contributed by atoms with Crippen LogP contribution in [0.1, 0.15) is 6.42 Å². The molecule has 0 fully saturated rings. The molecule has 0 heterocycles. The maximum absolute atomic E-state index is 12.6. The number of benzene rings is 1. The van der Waals surface area contributed by atoms with Gasteiger partial charge in [-0.05, 0) is 24.3 Å². The zero-order chi connectivity index (χ0) is 12.0. The van der Waals surface area contributed by atoms with E-state index in [9.17, 15) is 9.18 Å². The van der Waals surface area contributed by atoms with E-state index in [4.69, 9.17) is 9.57 Å². The van der Waals surface area contributed by atoms with Crippen LogP contribution < -0.4 is 4.74 Å². The van der Waals surface area contributed by atoms with Crippen LogP contribution in [-0.2, 0) is 9.63 Å². The normalized spacial score (nSPS) is 9.94. The van der Waals surface area contributed by atoms with E-state index in [0.717, 1.165) is 5.06 Å². The lowest BCUT2D eigenvalue weighted by Crippen LogP contribution is -2.26. The first-order valence-corrected chi connectivity index (χ1v) is 4.82. The first kappa shape index (κ1) is 12.4. The van der Waals surface area contributed by atoms with Gasteiger partial charge >= 0.3 is 0 Å². The van der Waals surface area contributed by atoms with Gasteiger partial charge in [0, 0.05) is 7.05 Å². The monoisotopic (exact) mass is 227 g/mol. The molecule has 1 rings (SSSR count). The minimum Gasteiger partial charge on any atom is -0.493 e. The lowest BCUT2D eigenvalue weighted by Gasteiger charge is -2.13. The highest BCUT2D eigenvalue weighted by molar-refractivity contribution is 5.74. The van der Waals surface area contributed by atoms with Gasteiger partial charge in [-0.15, -0.1) is 0 Å². The molecule has 1 aromatic carbocycles. The summed E-state index contributed by atoms with van der Waals surface area (Å²) in [5, 5.41) is 1.13. The molecule has 0 unspecified atom stereocenters. The molecule has 0 spiro atoms. The number of ether oxygens (including phenoxy) is 1. The summed E-state index contributed by atoms with van der Waals surface area (Å²) in [4.78, 5) is 16.0. The molecule has 88 valence electrons. The molecule has 16 heavy (non-hydrogen) atoms. The van der Waals surface area contributed by atoms with E-state index in [1.54, 1.807) is 0 Å². The van der Waals surface area contributed by atoms with Crippen molar-refractivity contribution in [2.45, 2.75) is 6.42 Å². The van der Waals surface area contributed by atoms with Crippen molar-refractivity contribution in [3.63, 3.8) is 0 Å². The van der Waals surface area contributed by atoms with Gasteiger partial charge in [0.2, 0.25) is 5.91 Å². The third-order valence-electron chi connectivity index (χ3n) is 2.02. The highest BCUT2D eigenvalue weighted by Gasteiger charge is 2.07. The summed E-state index contributed by atoms with van der Waals surface area (Å²) in [5.41, 5.74) is 0. The molecular weight excluding hydrogens is 213 g/mol. The number of carbonyl (C=O) groups is 1. The Bertz CT molecular complexity index is 340. The number of hydrogen-bond acceptors (Lipinski definition) is 3. The Balaban J connectivity index is 2.30. The van der Waals surface area contributed by atoms with E-state index in [1.807, 2.05) is 0 Å². The summed E-state index contributed by atoms with van der Waals surface area (Å²) in [6.45, 7) is 0.234. The van der Waals surface area contributed by atoms with Crippen LogP contribution in [0.3, 0.4) is 0 Å². The van der Waals surface area contributed by atoms with E-state index >= 15 is 0 Å². The second kappa shape index (κ2) is 6.07. The largest absolute Gasteiger partial charge is 0.493 e. The van der Waals surface area contributed by atoms with Crippen molar-refractivity contribution in [1.82, 2.24) is 5.06 Å². The number of amides is 1. The van der Waals surface area contributed by atoms with Crippen molar-refractivity contribution in [3.05, 3.63) is 30.1 Å². The lowest BCUT2D eigenvalue weighted by molar-refractivity contribution is -0.169. The Morgan fingerprint density at radius 1 is 1.38 bits per heavy atom. The molecule has 5 heteroatoms. The molecular formula is C11H14FNO3. The first-order chi connectivity index (χ1) is 7.63. The standard InChI is InChI=1S/C11H14FNO3/c1-13(15-2)11(14)7-8-16-10-5-3-9(12)4-6-10/h3-6H,7-8H2,1-2H3. The van der Waals surface area contributed by atoms with Crippen LogP contribution in [0.4, 0.5) is 4.39 Å². The smallest absolute Gasteiger partial charge is 0.249 e. The van der Waals surface area contributed by atoms with Gasteiger partial charge in [-0.2, -0.15) is 0 Å². The van der Waals surface area contributed by atoms with Crippen LogP contribution in [0.15, 0.2) is 24.3 Å². The van der Waals surface area contributed by atoms with Crippen molar-refractivity contribution in [2.75, 3.05) is 20.8 Å². The molecule has 0 N–H and O–H groups in total. The Kier molecular flexibility index (Phi) is 4.72. The van der Waals surface area contributed by atoms with E-state index < -0.39 is 0 Å². The second-order valence-corrected chi connectivity index (χ2v) is 3.13. The average molecular weight is 227 g/mol. The van der Waals surface area contributed by atoms with Crippen molar-refractivity contribution >= 4 is 5.91 Å². The Morgan fingerprint density at radius 3 is 2.56 bits per heavy atom. The van der Waals surface area contributed by atoms with Gasteiger partial charge in [-0.3, -0.25) is 9.63 Å². The SMILES string of the molecule is CON(C)C(=O)CCOc1ccc(F)cc1. The molecule has 4 nitrogen and oxygen atoms in total. The molecule has 0 atom stereocenters. The van der Waals surface area contributed by atoms with Gasteiger partial charge in [0.05, 0.1) is 20.1 Å². The third-order valence-corrected chi connectivity index (χ3v) is 2.02. The molecule has 0 aliphatic carbocycles. The number of nitrogens with zero attached hydrogens (tertiary/aromatic N) is 1. The predicted octanol–water partition coefficient (Wildman–Crippen LogP) is 1.61. The van der Waals surface area contributed by atoms with Gasteiger partial charge in [0.15, 0.2) is 0 Å². The summed E-state index contributed by atoms with van der Waals surface area (Å²) >= 11 is 0. The molecule has 0 aliphatic heterocycles.